The first-order valence-corrected chi connectivity index (χ1v) is 14.3. The van der Waals surface area contributed by atoms with Crippen LogP contribution in [0.2, 0.25) is 0 Å². The largest absolute Gasteiger partial charge is 0.369 e. The molecule has 2 aromatic carbocycles. The van der Waals surface area contributed by atoms with Gasteiger partial charge in [-0.3, -0.25) is 24.6 Å². The van der Waals surface area contributed by atoms with Gasteiger partial charge in [0.05, 0.1) is 12.7 Å². The molecule has 3 heterocycles. The Morgan fingerprint density at radius 3 is 2.44 bits per heavy atom. The summed E-state index contributed by atoms with van der Waals surface area (Å²) in [4.78, 5) is 40.9. The summed E-state index contributed by atoms with van der Waals surface area (Å²) in [5.74, 6) is -1.93. The third-order valence-electron chi connectivity index (χ3n) is 8.72. The molecule has 1 N–H and O–H groups in total. The maximum atomic E-state index is 14.2. The Kier molecular flexibility index (Phi) is 7.81. The highest BCUT2D eigenvalue weighted by Gasteiger charge is 2.45. The lowest BCUT2D eigenvalue weighted by Gasteiger charge is -2.32. The fourth-order valence-electron chi connectivity index (χ4n) is 6.44. The van der Waals surface area contributed by atoms with Crippen LogP contribution in [0, 0.1) is 17.6 Å². The minimum atomic E-state index is -0.630. The molecule has 3 amide bonds. The molecule has 0 radical (unpaired) electrons. The Hall–Kier alpha value is -3.69. The average Bonchev–Trinajstić information content (AvgIpc) is 3.30. The maximum absolute atomic E-state index is 14.2. The van der Waals surface area contributed by atoms with Crippen molar-refractivity contribution in [3.05, 3.63) is 94.6 Å². The van der Waals surface area contributed by atoms with E-state index in [0.29, 0.717) is 30.7 Å². The molecular formula is C32H33F2N3O4. The van der Waals surface area contributed by atoms with E-state index in [4.69, 9.17) is 4.74 Å². The van der Waals surface area contributed by atoms with Gasteiger partial charge in [-0.25, -0.2) is 8.78 Å². The molecule has 0 saturated carbocycles. The molecule has 41 heavy (non-hydrogen) atoms. The molecule has 0 spiro atoms. The number of imide groups is 1. The lowest BCUT2D eigenvalue weighted by atomic mass is 9.89. The third-order valence-corrected chi connectivity index (χ3v) is 8.72. The molecule has 0 aromatic heterocycles. The highest BCUT2D eigenvalue weighted by Crippen LogP contribution is 2.35. The summed E-state index contributed by atoms with van der Waals surface area (Å²) in [6.45, 7) is 3.29. The van der Waals surface area contributed by atoms with Gasteiger partial charge in [-0.2, -0.15) is 0 Å². The molecule has 2 aromatic rings. The fraction of sp³-hybridized carbons (Fsp3) is 0.406. The minimum Gasteiger partial charge on any atom is -0.369 e. The number of carbonyl (C=O) groups is 3. The van der Waals surface area contributed by atoms with Crippen LogP contribution in [-0.4, -0.2) is 59.3 Å². The van der Waals surface area contributed by atoms with Gasteiger partial charge in [-0.05, 0) is 61.0 Å². The van der Waals surface area contributed by atoms with Gasteiger partial charge in [0.25, 0.3) is 5.91 Å². The van der Waals surface area contributed by atoms with Gasteiger partial charge in [0, 0.05) is 37.1 Å². The van der Waals surface area contributed by atoms with Crippen LogP contribution in [0.4, 0.5) is 8.78 Å². The SMILES string of the molecule is O=C1CCC(N2CC3C(=CC=CC3OCc3ccc(CN4CCC(c5ccc(F)cc5F)CC4)cc3)C2=O)C(=O)N1. The van der Waals surface area contributed by atoms with Crippen molar-refractivity contribution >= 4 is 17.7 Å². The van der Waals surface area contributed by atoms with Gasteiger partial charge in [0.15, 0.2) is 0 Å². The zero-order valence-corrected chi connectivity index (χ0v) is 22.7. The van der Waals surface area contributed by atoms with E-state index in [1.165, 1.54) is 11.6 Å². The van der Waals surface area contributed by atoms with Crippen LogP contribution in [0.3, 0.4) is 0 Å². The Balaban J connectivity index is 0.998. The van der Waals surface area contributed by atoms with Crippen LogP contribution in [0.15, 0.2) is 66.3 Å². The van der Waals surface area contributed by atoms with Gasteiger partial charge in [0.2, 0.25) is 11.8 Å². The molecule has 3 saturated heterocycles. The molecule has 214 valence electrons. The van der Waals surface area contributed by atoms with E-state index >= 15 is 0 Å². The highest BCUT2D eigenvalue weighted by molar-refractivity contribution is 6.05. The van der Waals surface area contributed by atoms with Crippen molar-refractivity contribution in [1.29, 1.82) is 0 Å². The first-order valence-electron chi connectivity index (χ1n) is 14.3. The lowest BCUT2D eigenvalue weighted by molar-refractivity contribution is -0.142. The van der Waals surface area contributed by atoms with Crippen LogP contribution in [0.25, 0.3) is 0 Å². The summed E-state index contributed by atoms with van der Waals surface area (Å²) in [7, 11) is 0. The number of nitrogens with zero attached hydrogens (tertiary/aromatic N) is 2. The number of benzene rings is 2. The zero-order valence-electron chi connectivity index (χ0n) is 22.7. The minimum absolute atomic E-state index is 0.113. The monoisotopic (exact) mass is 561 g/mol. The van der Waals surface area contributed by atoms with Crippen molar-refractivity contribution in [2.45, 2.75) is 56.9 Å². The van der Waals surface area contributed by atoms with Crippen molar-refractivity contribution in [3.8, 4) is 0 Å². The number of nitrogens with one attached hydrogen (secondary N) is 1. The molecule has 0 bridgehead atoms. The Morgan fingerprint density at radius 1 is 0.951 bits per heavy atom. The molecular weight excluding hydrogens is 528 g/mol. The van der Waals surface area contributed by atoms with Crippen LogP contribution < -0.4 is 5.32 Å². The summed E-state index contributed by atoms with van der Waals surface area (Å²) in [6, 6.07) is 11.5. The van der Waals surface area contributed by atoms with E-state index in [9.17, 15) is 23.2 Å². The first kappa shape index (κ1) is 27.5. The van der Waals surface area contributed by atoms with Crippen LogP contribution in [0.1, 0.15) is 48.3 Å². The van der Waals surface area contributed by atoms with Gasteiger partial charge in [-0.1, -0.05) is 48.6 Å². The molecule has 3 unspecified atom stereocenters. The Labute approximate surface area is 237 Å². The first-order chi connectivity index (χ1) is 19.9. The number of halogens is 2. The van der Waals surface area contributed by atoms with Crippen molar-refractivity contribution < 1.29 is 27.9 Å². The normalized spacial score (nSPS) is 25.3. The smallest absolute Gasteiger partial charge is 0.250 e. The predicted octanol–water partition coefficient (Wildman–Crippen LogP) is 3.99. The van der Waals surface area contributed by atoms with Gasteiger partial charge in [-0.15, -0.1) is 0 Å². The van der Waals surface area contributed by atoms with Crippen molar-refractivity contribution in [2.24, 2.45) is 5.92 Å². The molecule has 1 aliphatic carbocycles. The van der Waals surface area contributed by atoms with Crippen LogP contribution in [0.5, 0.6) is 0 Å². The Morgan fingerprint density at radius 2 is 1.71 bits per heavy atom. The molecule has 7 nitrogen and oxygen atoms in total. The summed E-state index contributed by atoms with van der Waals surface area (Å²) < 4.78 is 33.7. The maximum Gasteiger partial charge on any atom is 0.250 e. The summed E-state index contributed by atoms with van der Waals surface area (Å²) in [5, 5.41) is 2.34. The summed E-state index contributed by atoms with van der Waals surface area (Å²) >= 11 is 0. The van der Waals surface area contributed by atoms with E-state index in [2.05, 4.69) is 34.5 Å². The number of likely N-dealkylation sites (tertiary alicyclic amines) is 2. The molecule has 6 rings (SSSR count). The number of allylic oxidation sites excluding steroid dienone is 2. The second kappa shape index (κ2) is 11.7. The highest BCUT2D eigenvalue weighted by atomic mass is 19.1. The van der Waals surface area contributed by atoms with Gasteiger partial charge >= 0.3 is 0 Å². The van der Waals surface area contributed by atoms with E-state index in [1.807, 2.05) is 12.2 Å². The van der Waals surface area contributed by atoms with E-state index < -0.39 is 23.6 Å². The number of ether oxygens (including phenoxy) is 1. The van der Waals surface area contributed by atoms with Crippen molar-refractivity contribution in [3.63, 3.8) is 0 Å². The molecule has 3 aliphatic heterocycles. The van der Waals surface area contributed by atoms with Crippen LogP contribution >= 0.6 is 0 Å². The second-order valence-electron chi connectivity index (χ2n) is 11.3. The molecule has 4 aliphatic rings. The quantitative estimate of drug-likeness (QED) is 0.518. The molecule has 3 atom stereocenters. The topological polar surface area (TPSA) is 79.0 Å². The number of fused-ring (bicyclic) bond motifs is 1. The number of piperidine rings is 2. The standard InChI is InChI=1S/C32H33F2N3O4/c33-23-8-9-24(27(34)16-23)22-12-14-36(15-13-22)17-20-4-6-21(7-5-20)19-41-29-3-1-2-25-26(29)18-37(32(25)40)28-10-11-30(38)35-31(28)39/h1-9,16,22,26,28-29H,10-15,17-19H2,(H,35,38,39). The van der Waals surface area contributed by atoms with E-state index in [0.717, 1.165) is 44.1 Å². The number of carbonyl (C=O) groups excluding carboxylic acids is 3. The summed E-state index contributed by atoms with van der Waals surface area (Å²) in [6.07, 6.45) is 7.54. The predicted molar refractivity (Wildman–Crippen MR) is 147 cm³/mol. The van der Waals surface area contributed by atoms with Crippen LogP contribution in [-0.2, 0) is 32.3 Å². The fourth-order valence-corrected chi connectivity index (χ4v) is 6.44. The second-order valence-corrected chi connectivity index (χ2v) is 11.3. The average molecular weight is 562 g/mol. The number of amides is 3. The van der Waals surface area contributed by atoms with E-state index in [-0.39, 0.29) is 36.2 Å². The van der Waals surface area contributed by atoms with Gasteiger partial charge < -0.3 is 9.64 Å². The van der Waals surface area contributed by atoms with Gasteiger partial charge in [0.1, 0.15) is 17.7 Å². The molecule has 3 fully saturated rings. The number of rotatable bonds is 7. The summed E-state index contributed by atoms with van der Waals surface area (Å²) in [5.41, 5.74) is 3.46. The molecule has 9 heteroatoms. The van der Waals surface area contributed by atoms with Crippen molar-refractivity contribution in [1.82, 2.24) is 15.1 Å². The number of hydrogen-bond acceptors (Lipinski definition) is 5. The van der Waals surface area contributed by atoms with Crippen molar-refractivity contribution in [2.75, 3.05) is 19.6 Å². The number of hydrogen-bond donors (Lipinski definition) is 1. The van der Waals surface area contributed by atoms with E-state index in [1.54, 1.807) is 17.0 Å². The Bertz CT molecular complexity index is 1400. The zero-order chi connectivity index (χ0) is 28.5. The third kappa shape index (κ3) is 5.87. The lowest BCUT2D eigenvalue weighted by Crippen LogP contribution is -2.53.